The van der Waals surface area contributed by atoms with Crippen LogP contribution in [0.25, 0.3) is 0 Å². The molecule has 6 heteroatoms. The van der Waals surface area contributed by atoms with Crippen molar-refractivity contribution in [2.45, 2.75) is 13.1 Å². The Labute approximate surface area is 151 Å². The van der Waals surface area contributed by atoms with Gasteiger partial charge in [0.05, 0.1) is 24.1 Å². The maximum absolute atomic E-state index is 12.1. The molecular formula is C19H17ClN4O. The van der Waals surface area contributed by atoms with Gasteiger partial charge in [-0.05, 0) is 35.9 Å². The smallest absolute Gasteiger partial charge is 0.270 e. The lowest BCUT2D eigenvalue weighted by atomic mass is 10.2. The number of halogens is 1. The molecule has 0 unspecified atom stereocenters. The molecule has 0 spiro atoms. The largest absolute Gasteiger partial charge is 0.380 e. The molecule has 2 aromatic heterocycles. The van der Waals surface area contributed by atoms with Crippen molar-refractivity contribution in [1.29, 1.82) is 0 Å². The zero-order valence-corrected chi connectivity index (χ0v) is 14.2. The predicted molar refractivity (Wildman–Crippen MR) is 98.4 cm³/mol. The third-order valence-corrected chi connectivity index (χ3v) is 3.96. The van der Waals surface area contributed by atoms with E-state index in [0.717, 1.165) is 16.9 Å². The monoisotopic (exact) mass is 352 g/mol. The number of hydrogen-bond acceptors (Lipinski definition) is 4. The highest BCUT2D eigenvalue weighted by molar-refractivity contribution is 6.31. The van der Waals surface area contributed by atoms with Gasteiger partial charge in [0.1, 0.15) is 5.69 Å². The molecule has 0 aliphatic rings. The Morgan fingerprint density at radius 1 is 0.960 bits per heavy atom. The molecule has 2 N–H and O–H groups in total. The van der Waals surface area contributed by atoms with Crippen molar-refractivity contribution in [2.75, 3.05) is 5.32 Å². The van der Waals surface area contributed by atoms with Gasteiger partial charge in [-0.3, -0.25) is 9.78 Å². The fourth-order valence-corrected chi connectivity index (χ4v) is 2.44. The summed E-state index contributed by atoms with van der Waals surface area (Å²) in [6.07, 6.45) is 3.33. The third-order valence-electron chi connectivity index (χ3n) is 3.59. The second-order valence-corrected chi connectivity index (χ2v) is 5.79. The van der Waals surface area contributed by atoms with Gasteiger partial charge in [-0.1, -0.05) is 35.9 Å². The van der Waals surface area contributed by atoms with Crippen LogP contribution in [0.5, 0.6) is 0 Å². The summed E-state index contributed by atoms with van der Waals surface area (Å²) in [7, 11) is 0. The first-order valence-electron chi connectivity index (χ1n) is 7.84. The van der Waals surface area contributed by atoms with Gasteiger partial charge in [-0.15, -0.1) is 0 Å². The lowest BCUT2D eigenvalue weighted by Crippen LogP contribution is -2.24. The van der Waals surface area contributed by atoms with Crippen LogP contribution in [0.3, 0.4) is 0 Å². The number of hydrogen-bond donors (Lipinski definition) is 2. The van der Waals surface area contributed by atoms with Crippen LogP contribution in [0.1, 0.15) is 21.7 Å². The van der Waals surface area contributed by atoms with Crippen molar-refractivity contribution in [1.82, 2.24) is 15.3 Å². The van der Waals surface area contributed by atoms with Crippen LogP contribution in [0, 0.1) is 0 Å². The van der Waals surface area contributed by atoms with E-state index >= 15 is 0 Å². The Morgan fingerprint density at radius 3 is 2.52 bits per heavy atom. The maximum atomic E-state index is 12.1. The molecular weight excluding hydrogens is 336 g/mol. The SMILES string of the molecule is O=C(NCc1ccccn1)c1ccc(NCc2ccccc2Cl)cn1. The summed E-state index contributed by atoms with van der Waals surface area (Å²) in [4.78, 5) is 20.5. The van der Waals surface area contributed by atoms with E-state index < -0.39 is 0 Å². The Hall–Kier alpha value is -2.92. The maximum Gasteiger partial charge on any atom is 0.270 e. The first kappa shape index (κ1) is 16.9. The van der Waals surface area contributed by atoms with Gasteiger partial charge < -0.3 is 10.6 Å². The van der Waals surface area contributed by atoms with E-state index in [1.54, 1.807) is 18.5 Å². The topological polar surface area (TPSA) is 66.9 Å². The van der Waals surface area contributed by atoms with Crippen LogP contribution in [-0.4, -0.2) is 15.9 Å². The van der Waals surface area contributed by atoms with Crippen LogP contribution in [-0.2, 0) is 13.1 Å². The van der Waals surface area contributed by atoms with Gasteiger partial charge in [0.25, 0.3) is 5.91 Å². The van der Waals surface area contributed by atoms with E-state index in [1.165, 1.54) is 0 Å². The third kappa shape index (κ3) is 4.78. The summed E-state index contributed by atoms with van der Waals surface area (Å²) in [5.74, 6) is -0.233. The fourth-order valence-electron chi connectivity index (χ4n) is 2.24. The summed E-state index contributed by atoms with van der Waals surface area (Å²) < 4.78 is 0. The number of nitrogens with zero attached hydrogens (tertiary/aromatic N) is 2. The molecule has 1 aromatic carbocycles. The molecule has 2 heterocycles. The summed E-state index contributed by atoms with van der Waals surface area (Å²) >= 11 is 6.13. The lowest BCUT2D eigenvalue weighted by Gasteiger charge is -2.08. The van der Waals surface area contributed by atoms with E-state index in [9.17, 15) is 4.79 Å². The molecule has 5 nitrogen and oxygen atoms in total. The second kappa shape index (κ2) is 8.26. The van der Waals surface area contributed by atoms with Crippen LogP contribution >= 0.6 is 11.6 Å². The molecule has 0 saturated heterocycles. The fraction of sp³-hybridized carbons (Fsp3) is 0.105. The van der Waals surface area contributed by atoms with Crippen molar-refractivity contribution in [3.8, 4) is 0 Å². The van der Waals surface area contributed by atoms with Crippen molar-refractivity contribution >= 4 is 23.2 Å². The highest BCUT2D eigenvalue weighted by Crippen LogP contribution is 2.16. The number of benzene rings is 1. The van der Waals surface area contributed by atoms with E-state index in [-0.39, 0.29) is 5.91 Å². The molecule has 0 radical (unpaired) electrons. The van der Waals surface area contributed by atoms with E-state index in [4.69, 9.17) is 11.6 Å². The van der Waals surface area contributed by atoms with Gasteiger partial charge >= 0.3 is 0 Å². The average molecular weight is 353 g/mol. The first-order chi connectivity index (χ1) is 12.2. The summed E-state index contributed by atoms with van der Waals surface area (Å²) in [6, 6.07) is 16.7. The van der Waals surface area contributed by atoms with Crippen molar-refractivity contribution in [2.24, 2.45) is 0 Å². The van der Waals surface area contributed by atoms with Crippen LogP contribution in [0.4, 0.5) is 5.69 Å². The van der Waals surface area contributed by atoms with Crippen molar-refractivity contribution < 1.29 is 4.79 Å². The highest BCUT2D eigenvalue weighted by Gasteiger charge is 2.07. The molecule has 25 heavy (non-hydrogen) atoms. The Kier molecular flexibility index (Phi) is 5.59. The van der Waals surface area contributed by atoms with Gasteiger partial charge in [0, 0.05) is 17.8 Å². The Balaban J connectivity index is 1.54. The molecule has 3 rings (SSSR count). The minimum absolute atomic E-state index is 0.233. The van der Waals surface area contributed by atoms with Crippen molar-refractivity contribution in [3.05, 3.63) is 89.0 Å². The van der Waals surface area contributed by atoms with E-state index in [2.05, 4.69) is 20.6 Å². The van der Waals surface area contributed by atoms with Crippen molar-refractivity contribution in [3.63, 3.8) is 0 Å². The lowest BCUT2D eigenvalue weighted by molar-refractivity contribution is 0.0945. The van der Waals surface area contributed by atoms with Crippen LogP contribution in [0.15, 0.2) is 67.0 Å². The number of anilines is 1. The van der Waals surface area contributed by atoms with Crippen LogP contribution in [0.2, 0.25) is 5.02 Å². The molecule has 126 valence electrons. The normalized spacial score (nSPS) is 10.3. The minimum Gasteiger partial charge on any atom is -0.380 e. The molecule has 1 amide bonds. The minimum atomic E-state index is -0.233. The van der Waals surface area contributed by atoms with Gasteiger partial charge in [0.2, 0.25) is 0 Å². The quantitative estimate of drug-likeness (QED) is 0.710. The number of nitrogens with one attached hydrogen (secondary N) is 2. The Morgan fingerprint density at radius 2 is 1.80 bits per heavy atom. The molecule has 0 saturated carbocycles. The zero-order chi connectivity index (χ0) is 17.5. The second-order valence-electron chi connectivity index (χ2n) is 5.38. The number of amides is 1. The van der Waals surface area contributed by atoms with E-state index in [1.807, 2.05) is 48.5 Å². The summed E-state index contributed by atoms with van der Waals surface area (Å²) in [5.41, 5.74) is 2.98. The predicted octanol–water partition coefficient (Wildman–Crippen LogP) is 3.67. The first-order valence-corrected chi connectivity index (χ1v) is 8.21. The van der Waals surface area contributed by atoms with E-state index in [0.29, 0.717) is 23.8 Å². The number of aromatic nitrogens is 2. The number of pyridine rings is 2. The highest BCUT2D eigenvalue weighted by atomic mass is 35.5. The number of carbonyl (C=O) groups is 1. The standard InChI is InChI=1S/C19H17ClN4O/c20-17-7-2-1-5-14(17)11-22-16-8-9-18(23-12-16)19(25)24-13-15-6-3-4-10-21-15/h1-10,12,22H,11,13H2,(H,24,25). The summed E-state index contributed by atoms with van der Waals surface area (Å²) in [6.45, 7) is 0.959. The molecule has 3 aromatic rings. The molecule has 0 bridgehead atoms. The number of carbonyl (C=O) groups excluding carboxylic acids is 1. The van der Waals surface area contributed by atoms with Crippen LogP contribution < -0.4 is 10.6 Å². The molecule has 0 fully saturated rings. The zero-order valence-electron chi connectivity index (χ0n) is 13.4. The average Bonchev–Trinajstić information content (AvgIpc) is 2.67. The molecule has 0 atom stereocenters. The van der Waals surface area contributed by atoms with Gasteiger partial charge in [-0.2, -0.15) is 0 Å². The Bertz CT molecular complexity index is 838. The van der Waals surface area contributed by atoms with Gasteiger partial charge in [0.15, 0.2) is 0 Å². The number of rotatable bonds is 6. The summed E-state index contributed by atoms with van der Waals surface area (Å²) in [5, 5.41) is 6.75. The molecule has 0 aliphatic heterocycles. The molecule has 0 aliphatic carbocycles. The van der Waals surface area contributed by atoms with Gasteiger partial charge in [-0.25, -0.2) is 4.98 Å².